The number of nitrogens with one attached hydrogen (secondary N) is 2. The lowest BCUT2D eigenvalue weighted by Gasteiger charge is -2.33. The number of aliphatic hydroxyl groups excluding tert-OH is 4. The van der Waals surface area contributed by atoms with Crippen LogP contribution in [0.25, 0.3) is 0 Å². The van der Waals surface area contributed by atoms with Gasteiger partial charge >= 0.3 is 5.69 Å². The van der Waals surface area contributed by atoms with Crippen molar-refractivity contribution in [3.8, 4) is 0 Å². The van der Waals surface area contributed by atoms with E-state index in [9.17, 15) is 39.6 Å². The summed E-state index contributed by atoms with van der Waals surface area (Å²) in [6.07, 6.45) is -4.59. The number of aromatic amines is 1. The maximum atomic E-state index is 12.9. The van der Waals surface area contributed by atoms with Crippen LogP contribution in [-0.4, -0.2) is 97.4 Å². The summed E-state index contributed by atoms with van der Waals surface area (Å²) in [4.78, 5) is 51.7. The number of benzene rings is 1. The molecule has 2 aromatic rings. The Balaban J connectivity index is 1.40. The number of hydrogen-bond donors (Lipinski definition) is 8. The molecule has 0 radical (unpaired) electrons. The number of aryl methyl sites for hydroxylation is 1. The molecule has 1 aromatic heterocycles. The zero-order valence-electron chi connectivity index (χ0n) is 28.3. The van der Waals surface area contributed by atoms with Gasteiger partial charge in [0.05, 0.1) is 5.92 Å². The second kappa shape index (κ2) is 18.7. The number of carbonyl (C=O) groups excluding carboxylic acids is 2. The highest BCUT2D eigenvalue weighted by Gasteiger charge is 2.53. The van der Waals surface area contributed by atoms with E-state index < -0.39 is 78.3 Å². The highest BCUT2D eigenvalue weighted by atomic mass is 16.7. The molecule has 1 aromatic carbocycles. The van der Waals surface area contributed by atoms with Crippen molar-refractivity contribution in [2.45, 2.75) is 126 Å². The van der Waals surface area contributed by atoms with Gasteiger partial charge in [-0.3, -0.25) is 23.9 Å². The van der Waals surface area contributed by atoms with Gasteiger partial charge in [-0.25, -0.2) is 4.79 Å². The topological polar surface area (TPSA) is 262 Å². The third-order valence-electron chi connectivity index (χ3n) is 9.30. The van der Waals surface area contributed by atoms with Crippen LogP contribution < -0.4 is 28.0 Å². The quantitative estimate of drug-likeness (QED) is 0.0881. The number of aliphatic hydroxyl groups is 4. The number of anilines is 1. The fourth-order valence-corrected chi connectivity index (χ4v) is 6.42. The standard InChI is InChI=1S/C34H51N5O11/c1-2-3-4-5-6-9-19-12-14-20(15-13-19)37-23(40)11-8-7-10-21(31(36)46)29(50-33-28(45)25(42)22(18-35)48-33)30-26(43)27(44)32(49-30)39-17-16-24(41)38-34(39)47/h12-17,21-22,25-30,32-33,42-45H,2-11,18,35H2,1H3,(H2,36,46)(H,37,40)(H,38,41,47)/t21-,22+,25+,26+,27?,28+,29-,30-,32+,33?/m0/s1. The first-order chi connectivity index (χ1) is 23.9. The number of primary amides is 1. The van der Waals surface area contributed by atoms with Crippen LogP contribution >= 0.6 is 0 Å². The summed E-state index contributed by atoms with van der Waals surface area (Å²) in [6.45, 7) is 2.03. The molecule has 16 heteroatoms. The smallest absolute Gasteiger partial charge is 0.330 e. The molecule has 0 bridgehead atoms. The van der Waals surface area contributed by atoms with E-state index in [2.05, 4.69) is 12.2 Å². The normalized spacial score (nSPS) is 27.6. The number of carbonyl (C=O) groups is 2. The second-order valence-corrected chi connectivity index (χ2v) is 13.0. The zero-order valence-corrected chi connectivity index (χ0v) is 28.3. The lowest BCUT2D eigenvalue weighted by molar-refractivity contribution is -0.231. The van der Waals surface area contributed by atoms with Gasteiger partial charge in [0.15, 0.2) is 12.5 Å². The molecule has 10 atom stereocenters. The fraction of sp³-hybridized carbons (Fsp3) is 0.647. The molecule has 2 aliphatic heterocycles. The van der Waals surface area contributed by atoms with Gasteiger partial charge in [0.25, 0.3) is 5.56 Å². The van der Waals surface area contributed by atoms with Crippen LogP contribution in [0.4, 0.5) is 5.69 Å². The number of amides is 2. The minimum Gasteiger partial charge on any atom is -0.387 e. The summed E-state index contributed by atoms with van der Waals surface area (Å²) >= 11 is 0. The first kappa shape index (κ1) is 39.3. The summed E-state index contributed by atoms with van der Waals surface area (Å²) in [5.41, 5.74) is 11.7. The Hall–Kier alpha value is -3.48. The summed E-state index contributed by atoms with van der Waals surface area (Å²) in [5.74, 6) is -2.31. The minimum atomic E-state index is -1.74. The van der Waals surface area contributed by atoms with E-state index >= 15 is 0 Å². The highest BCUT2D eigenvalue weighted by Crippen LogP contribution is 2.36. The molecular weight excluding hydrogens is 654 g/mol. The van der Waals surface area contributed by atoms with Gasteiger partial charge in [-0.15, -0.1) is 0 Å². The first-order valence-corrected chi connectivity index (χ1v) is 17.3. The van der Waals surface area contributed by atoms with Gasteiger partial charge in [-0.2, -0.15) is 0 Å². The Labute approximate surface area is 289 Å². The van der Waals surface area contributed by atoms with Crippen molar-refractivity contribution >= 4 is 17.5 Å². The number of nitrogens with zero attached hydrogens (tertiary/aromatic N) is 1. The molecule has 0 spiro atoms. The van der Waals surface area contributed by atoms with E-state index in [1.54, 1.807) is 0 Å². The Morgan fingerprint density at radius 3 is 2.30 bits per heavy atom. The molecule has 50 heavy (non-hydrogen) atoms. The monoisotopic (exact) mass is 705 g/mol. The lowest BCUT2D eigenvalue weighted by atomic mass is 9.88. The molecule has 2 amide bonds. The molecule has 0 aliphatic carbocycles. The highest BCUT2D eigenvalue weighted by molar-refractivity contribution is 5.90. The van der Waals surface area contributed by atoms with E-state index in [1.807, 2.05) is 29.2 Å². The van der Waals surface area contributed by atoms with E-state index in [4.69, 9.17) is 25.7 Å². The van der Waals surface area contributed by atoms with Gasteiger partial charge in [0.2, 0.25) is 11.8 Å². The first-order valence-electron chi connectivity index (χ1n) is 17.3. The lowest BCUT2D eigenvalue weighted by Crippen LogP contribution is -2.50. The average Bonchev–Trinajstić information content (AvgIpc) is 3.53. The zero-order chi connectivity index (χ0) is 36.4. The van der Waals surface area contributed by atoms with Gasteiger partial charge in [0.1, 0.15) is 42.7 Å². The molecule has 278 valence electrons. The number of H-pyrrole nitrogens is 1. The van der Waals surface area contributed by atoms with Gasteiger partial charge in [-0.05, 0) is 43.4 Å². The van der Waals surface area contributed by atoms with Crippen molar-refractivity contribution in [2.24, 2.45) is 17.4 Å². The Bertz CT molecular complexity index is 1500. The molecule has 0 saturated carbocycles. The third-order valence-corrected chi connectivity index (χ3v) is 9.30. The van der Waals surface area contributed by atoms with Gasteiger partial charge < -0.3 is 51.4 Å². The van der Waals surface area contributed by atoms with Crippen molar-refractivity contribution in [1.29, 1.82) is 0 Å². The summed E-state index contributed by atoms with van der Waals surface area (Å²) in [6, 6.07) is 8.76. The predicted octanol–water partition coefficient (Wildman–Crippen LogP) is -0.240. The Morgan fingerprint density at radius 1 is 0.940 bits per heavy atom. The van der Waals surface area contributed by atoms with Crippen molar-refractivity contribution in [3.63, 3.8) is 0 Å². The van der Waals surface area contributed by atoms with Crippen molar-refractivity contribution in [3.05, 3.63) is 62.9 Å². The van der Waals surface area contributed by atoms with E-state index in [1.165, 1.54) is 31.2 Å². The fourth-order valence-electron chi connectivity index (χ4n) is 6.42. The predicted molar refractivity (Wildman–Crippen MR) is 181 cm³/mol. The molecule has 10 N–H and O–H groups in total. The number of ether oxygens (including phenoxy) is 3. The van der Waals surface area contributed by atoms with Crippen LogP contribution in [0.5, 0.6) is 0 Å². The number of hydrogen-bond acceptors (Lipinski definition) is 12. The third kappa shape index (κ3) is 10.1. The molecule has 4 rings (SSSR count). The number of rotatable bonds is 19. The molecule has 3 heterocycles. The molecule has 2 fully saturated rings. The Morgan fingerprint density at radius 2 is 1.66 bits per heavy atom. The maximum Gasteiger partial charge on any atom is 0.330 e. The SMILES string of the molecule is CCCCCCCc1ccc(NC(=O)CCCC[C@H](C(N)=O)[C@H](OC2O[C@H](CN)[C@@H](O)[C@H]2O)[C@H]2O[C@@H](n3ccc(=O)[nH]c3=O)C(O)[C@H]2O)cc1. The van der Waals surface area contributed by atoms with E-state index in [0.29, 0.717) is 18.5 Å². The number of unbranched alkanes of at least 4 members (excludes halogenated alkanes) is 5. The number of nitrogens with two attached hydrogens (primary N) is 2. The molecule has 2 saturated heterocycles. The van der Waals surface area contributed by atoms with Crippen LogP contribution in [0.2, 0.25) is 0 Å². The van der Waals surface area contributed by atoms with Crippen LogP contribution in [0.15, 0.2) is 46.1 Å². The number of aromatic nitrogens is 2. The largest absolute Gasteiger partial charge is 0.387 e. The van der Waals surface area contributed by atoms with Crippen molar-refractivity contribution in [1.82, 2.24) is 9.55 Å². The minimum absolute atomic E-state index is 0.0395. The van der Waals surface area contributed by atoms with Crippen molar-refractivity contribution in [2.75, 3.05) is 11.9 Å². The second-order valence-electron chi connectivity index (χ2n) is 13.0. The van der Waals surface area contributed by atoms with Crippen LogP contribution in [0.3, 0.4) is 0 Å². The summed E-state index contributed by atoms with van der Waals surface area (Å²) in [5, 5.41) is 45.8. The van der Waals surface area contributed by atoms with Gasteiger partial charge in [-0.1, -0.05) is 51.2 Å². The van der Waals surface area contributed by atoms with Crippen LogP contribution in [-0.2, 0) is 30.2 Å². The molecule has 2 aliphatic rings. The van der Waals surface area contributed by atoms with E-state index in [-0.39, 0.29) is 25.3 Å². The molecule has 2 unspecified atom stereocenters. The summed E-state index contributed by atoms with van der Waals surface area (Å²) in [7, 11) is 0. The Kier molecular flexibility index (Phi) is 14.7. The van der Waals surface area contributed by atoms with Crippen molar-refractivity contribution < 1.29 is 44.2 Å². The molecular formula is C34H51N5O11. The average molecular weight is 706 g/mol. The van der Waals surface area contributed by atoms with Crippen LogP contribution in [0.1, 0.15) is 76.5 Å². The molecule has 16 nitrogen and oxygen atoms in total. The maximum absolute atomic E-state index is 12.9. The van der Waals surface area contributed by atoms with Crippen LogP contribution in [0, 0.1) is 5.92 Å². The summed E-state index contributed by atoms with van der Waals surface area (Å²) < 4.78 is 18.3. The van der Waals surface area contributed by atoms with E-state index in [0.717, 1.165) is 29.7 Å². The van der Waals surface area contributed by atoms with Gasteiger partial charge in [0, 0.05) is 30.9 Å².